The van der Waals surface area contributed by atoms with Gasteiger partial charge in [0.15, 0.2) is 21.3 Å². The zero-order valence-corrected chi connectivity index (χ0v) is 21.8. The first-order valence-electron chi connectivity index (χ1n) is 13.3. The lowest BCUT2D eigenvalue weighted by Crippen LogP contribution is -2.53. The zero-order valence-electron chi connectivity index (χ0n) is 21.0. The van der Waals surface area contributed by atoms with Gasteiger partial charge < -0.3 is 9.47 Å². The van der Waals surface area contributed by atoms with Crippen molar-refractivity contribution in [3.8, 4) is 5.75 Å². The molecule has 0 N–H and O–H groups in total. The van der Waals surface area contributed by atoms with Gasteiger partial charge in [-0.25, -0.2) is 4.79 Å². The molecular weight excluding hydrogens is 464 g/mol. The number of hydrogen-bond acceptors (Lipinski definition) is 3. The fourth-order valence-corrected chi connectivity index (χ4v) is 9.19. The van der Waals surface area contributed by atoms with Crippen LogP contribution in [0, 0.1) is 29.1 Å². The molecule has 0 saturated heterocycles. The quantitative estimate of drug-likeness (QED) is 0.244. The van der Waals surface area contributed by atoms with Gasteiger partial charge in [-0.3, -0.25) is 0 Å². The highest BCUT2D eigenvalue weighted by Crippen LogP contribution is 2.62. The van der Waals surface area contributed by atoms with Gasteiger partial charge in [0.05, 0.1) is 17.5 Å². The largest absolute Gasteiger partial charge is 0.482 e. The second kappa shape index (κ2) is 9.97. The second-order valence-electron chi connectivity index (χ2n) is 11.2. The summed E-state index contributed by atoms with van der Waals surface area (Å²) in [5, 5.41) is 0. The topological polar surface area (TPSA) is 35.5 Å². The Bertz CT molecular complexity index is 1110. The van der Waals surface area contributed by atoms with Crippen molar-refractivity contribution in [2.45, 2.75) is 53.7 Å². The number of hydrogen-bond donors (Lipinski definition) is 0. The number of esters is 1. The van der Waals surface area contributed by atoms with Crippen molar-refractivity contribution in [3.05, 3.63) is 84.9 Å². The normalized spacial score (nSPS) is 28.3. The maximum Gasteiger partial charge on any atom is 0.344 e. The third kappa shape index (κ3) is 4.68. The average Bonchev–Trinajstić information content (AvgIpc) is 2.91. The maximum atomic E-state index is 12.6. The molecule has 3 aromatic carbocycles. The summed E-state index contributed by atoms with van der Waals surface area (Å²) in [4.78, 5) is 16.4. The molecule has 7 rings (SSSR count). The van der Waals surface area contributed by atoms with Crippen LogP contribution in [0.25, 0.3) is 0 Å². The summed E-state index contributed by atoms with van der Waals surface area (Å²) in [5.41, 5.74) is 0.148. The molecule has 4 heteroatoms. The Kier molecular flexibility index (Phi) is 6.55. The molecule has 4 saturated carbocycles. The summed E-state index contributed by atoms with van der Waals surface area (Å²) >= 11 is 0. The van der Waals surface area contributed by atoms with E-state index in [4.69, 9.17) is 9.47 Å². The van der Waals surface area contributed by atoms with E-state index in [0.717, 1.165) is 23.7 Å². The summed E-state index contributed by atoms with van der Waals surface area (Å²) in [5.74, 6) is 3.72. The molecule has 0 radical (unpaired) electrons. The molecule has 0 spiro atoms. The Labute approximate surface area is 217 Å². The average molecular weight is 500 g/mol. The summed E-state index contributed by atoms with van der Waals surface area (Å²) in [7, 11) is -0.196. The van der Waals surface area contributed by atoms with Crippen molar-refractivity contribution in [2.75, 3.05) is 13.2 Å². The zero-order chi connectivity index (χ0) is 24.5. The molecular formula is C32H35O3S+. The summed E-state index contributed by atoms with van der Waals surface area (Å²) < 4.78 is 11.6. The van der Waals surface area contributed by atoms with Crippen LogP contribution in [-0.2, 0) is 20.4 Å². The Balaban J connectivity index is 1.07. The Morgan fingerprint density at radius 2 is 1.25 bits per heavy atom. The highest BCUT2D eigenvalue weighted by atomic mass is 32.2. The van der Waals surface area contributed by atoms with E-state index >= 15 is 0 Å². The lowest BCUT2D eigenvalue weighted by atomic mass is 9.46. The van der Waals surface area contributed by atoms with Crippen LogP contribution in [0.4, 0.5) is 0 Å². The van der Waals surface area contributed by atoms with E-state index in [1.54, 1.807) is 0 Å². The van der Waals surface area contributed by atoms with Gasteiger partial charge in [-0.15, -0.1) is 0 Å². The molecule has 3 nitrogen and oxygen atoms in total. The monoisotopic (exact) mass is 499 g/mol. The van der Waals surface area contributed by atoms with E-state index in [9.17, 15) is 4.79 Å². The van der Waals surface area contributed by atoms with Crippen molar-refractivity contribution in [2.24, 2.45) is 29.1 Å². The van der Waals surface area contributed by atoms with E-state index in [2.05, 4.69) is 79.7 Å². The minimum atomic E-state index is -0.262. The molecule has 0 atom stereocenters. The van der Waals surface area contributed by atoms with Crippen LogP contribution in [0.15, 0.2) is 99.6 Å². The molecule has 36 heavy (non-hydrogen) atoms. The van der Waals surface area contributed by atoms with Crippen molar-refractivity contribution >= 4 is 16.9 Å². The molecule has 0 aromatic heterocycles. The third-order valence-corrected chi connectivity index (χ3v) is 11.2. The van der Waals surface area contributed by atoms with E-state index in [0.29, 0.717) is 12.4 Å². The highest BCUT2D eigenvalue weighted by molar-refractivity contribution is 7.97. The summed E-state index contributed by atoms with van der Waals surface area (Å²) in [6.07, 6.45) is 6.76. The van der Waals surface area contributed by atoms with Crippen LogP contribution in [-0.4, -0.2) is 19.2 Å². The van der Waals surface area contributed by atoms with Gasteiger partial charge >= 0.3 is 5.97 Å². The predicted octanol–water partition coefficient (Wildman–Crippen LogP) is 7.17. The Morgan fingerprint density at radius 1 is 0.750 bits per heavy atom. The highest BCUT2D eigenvalue weighted by Gasteiger charge is 2.55. The number of carbonyl (C=O) groups excluding carboxylic acids is 1. The van der Waals surface area contributed by atoms with Crippen LogP contribution in [0.2, 0.25) is 0 Å². The minimum Gasteiger partial charge on any atom is -0.482 e. The summed E-state index contributed by atoms with van der Waals surface area (Å²) in [6.45, 7) is 2.86. The van der Waals surface area contributed by atoms with Crippen molar-refractivity contribution in [3.63, 3.8) is 0 Å². The van der Waals surface area contributed by atoms with Crippen LogP contribution >= 0.6 is 0 Å². The van der Waals surface area contributed by atoms with Gasteiger partial charge in [0, 0.05) is 5.41 Å². The fraction of sp³-hybridized carbons (Fsp3) is 0.406. The number of rotatable bonds is 8. The molecule has 0 unspecified atom stereocenters. The van der Waals surface area contributed by atoms with Gasteiger partial charge in [-0.2, -0.15) is 0 Å². The van der Waals surface area contributed by atoms with Gasteiger partial charge in [-0.05, 0) is 104 Å². The van der Waals surface area contributed by atoms with E-state index < -0.39 is 0 Å². The van der Waals surface area contributed by atoms with Crippen LogP contribution in [0.1, 0.15) is 39.0 Å². The van der Waals surface area contributed by atoms with Crippen LogP contribution < -0.4 is 4.74 Å². The number of carbonyl (C=O) groups is 1. The van der Waals surface area contributed by atoms with E-state index in [1.807, 2.05) is 12.1 Å². The van der Waals surface area contributed by atoms with E-state index in [1.165, 1.54) is 46.8 Å². The molecule has 4 bridgehead atoms. The SMILES string of the molecule is CC1(COC(=O)COc2ccc([S+](c3ccccc3)c3ccccc3)cc2)C2CC3CC(C2)CC1C3. The van der Waals surface area contributed by atoms with Gasteiger partial charge in [0.25, 0.3) is 0 Å². The van der Waals surface area contributed by atoms with E-state index in [-0.39, 0.29) is 28.9 Å². The lowest BCUT2D eigenvalue weighted by Gasteiger charge is -2.59. The van der Waals surface area contributed by atoms with Crippen molar-refractivity contribution < 1.29 is 14.3 Å². The standard InChI is InChI=1S/C32H35O3S/c1-32(25-17-23-16-24(19-25)20-26(32)18-23)22-35-31(33)21-34-27-12-14-30(15-13-27)36(28-8-4-2-5-9-28)29-10-6-3-7-11-29/h2-15,23-26H,16-22H2,1H3/q+1. The smallest absolute Gasteiger partial charge is 0.344 e. The fourth-order valence-electron chi connectivity index (χ4n) is 7.11. The molecule has 186 valence electrons. The second-order valence-corrected chi connectivity index (χ2v) is 13.2. The first-order chi connectivity index (χ1) is 17.6. The van der Waals surface area contributed by atoms with Gasteiger partial charge in [0.1, 0.15) is 5.75 Å². The molecule has 0 amide bonds. The molecule has 3 aromatic rings. The summed E-state index contributed by atoms with van der Waals surface area (Å²) in [6, 6.07) is 29.3. The molecule has 4 fully saturated rings. The van der Waals surface area contributed by atoms with Crippen LogP contribution in [0.5, 0.6) is 5.75 Å². The van der Waals surface area contributed by atoms with Gasteiger partial charge in [0.2, 0.25) is 0 Å². The third-order valence-electron chi connectivity index (χ3n) is 8.92. The maximum absolute atomic E-state index is 12.6. The predicted molar refractivity (Wildman–Crippen MR) is 143 cm³/mol. The Hall–Kier alpha value is -2.72. The molecule has 4 aliphatic carbocycles. The first-order valence-corrected chi connectivity index (χ1v) is 14.5. The minimum absolute atomic E-state index is 0.0426. The number of ether oxygens (including phenoxy) is 2. The van der Waals surface area contributed by atoms with Crippen molar-refractivity contribution in [1.29, 1.82) is 0 Å². The molecule has 0 heterocycles. The number of benzene rings is 3. The van der Waals surface area contributed by atoms with Crippen LogP contribution in [0.3, 0.4) is 0 Å². The first kappa shape index (κ1) is 23.7. The molecule has 4 aliphatic rings. The van der Waals surface area contributed by atoms with Gasteiger partial charge in [-0.1, -0.05) is 43.3 Å². The lowest BCUT2D eigenvalue weighted by molar-refractivity contribution is -0.165. The molecule has 0 aliphatic heterocycles. The van der Waals surface area contributed by atoms with Crippen molar-refractivity contribution in [1.82, 2.24) is 0 Å². The Morgan fingerprint density at radius 3 is 1.78 bits per heavy atom.